The number of benzene rings is 1. The van der Waals surface area contributed by atoms with Gasteiger partial charge in [-0.2, -0.15) is 0 Å². The normalized spacial score (nSPS) is 12.3. The van der Waals surface area contributed by atoms with Gasteiger partial charge in [-0.15, -0.1) is 0 Å². The molecule has 1 rings (SSSR count). The SMILES string of the molecule is COC(=O)/C=C\C(CCC(C)=O)OCc1ccccc1. The van der Waals surface area contributed by atoms with Gasteiger partial charge in [-0.1, -0.05) is 30.3 Å². The van der Waals surface area contributed by atoms with Crippen LogP contribution in [0.1, 0.15) is 25.3 Å². The summed E-state index contributed by atoms with van der Waals surface area (Å²) in [6, 6.07) is 9.74. The maximum Gasteiger partial charge on any atom is 0.330 e. The van der Waals surface area contributed by atoms with Crippen LogP contribution in [0.2, 0.25) is 0 Å². The fraction of sp³-hybridized carbons (Fsp3) is 0.375. The molecular formula is C16H20O4. The van der Waals surface area contributed by atoms with E-state index in [1.54, 1.807) is 6.08 Å². The van der Waals surface area contributed by atoms with Gasteiger partial charge < -0.3 is 14.3 Å². The molecule has 0 bridgehead atoms. The van der Waals surface area contributed by atoms with Gasteiger partial charge in [0.1, 0.15) is 5.78 Å². The summed E-state index contributed by atoms with van der Waals surface area (Å²) in [5, 5.41) is 0. The van der Waals surface area contributed by atoms with Crippen molar-refractivity contribution in [3.8, 4) is 0 Å². The van der Waals surface area contributed by atoms with Crippen LogP contribution >= 0.6 is 0 Å². The number of ketones is 1. The third-order valence-corrected chi connectivity index (χ3v) is 2.74. The fourth-order valence-corrected chi connectivity index (χ4v) is 1.61. The predicted molar refractivity (Wildman–Crippen MR) is 76.1 cm³/mol. The second-order valence-electron chi connectivity index (χ2n) is 4.46. The molecule has 0 radical (unpaired) electrons. The number of hydrogen-bond acceptors (Lipinski definition) is 4. The van der Waals surface area contributed by atoms with Crippen molar-refractivity contribution in [2.45, 2.75) is 32.5 Å². The Morgan fingerprint density at radius 3 is 2.55 bits per heavy atom. The molecule has 0 aliphatic rings. The van der Waals surface area contributed by atoms with Crippen LogP contribution in [0.3, 0.4) is 0 Å². The summed E-state index contributed by atoms with van der Waals surface area (Å²) in [4.78, 5) is 22.1. The minimum absolute atomic E-state index is 0.102. The molecule has 20 heavy (non-hydrogen) atoms. The topological polar surface area (TPSA) is 52.6 Å². The van der Waals surface area contributed by atoms with Crippen LogP contribution in [0.4, 0.5) is 0 Å². The molecule has 4 heteroatoms. The molecule has 0 heterocycles. The van der Waals surface area contributed by atoms with Crippen molar-refractivity contribution in [2.24, 2.45) is 0 Å². The van der Waals surface area contributed by atoms with Gasteiger partial charge in [0.2, 0.25) is 0 Å². The summed E-state index contributed by atoms with van der Waals surface area (Å²) < 4.78 is 10.3. The van der Waals surface area contributed by atoms with Crippen molar-refractivity contribution >= 4 is 11.8 Å². The van der Waals surface area contributed by atoms with Crippen LogP contribution in [0.25, 0.3) is 0 Å². The van der Waals surface area contributed by atoms with Crippen LogP contribution in [0, 0.1) is 0 Å². The summed E-state index contributed by atoms with van der Waals surface area (Å²) in [7, 11) is 1.32. The summed E-state index contributed by atoms with van der Waals surface area (Å²) in [6.07, 6.45) is 3.66. The Morgan fingerprint density at radius 2 is 1.95 bits per heavy atom. The molecule has 108 valence electrons. The van der Waals surface area contributed by atoms with Gasteiger partial charge in [0.25, 0.3) is 0 Å². The molecule has 0 N–H and O–H groups in total. The first-order valence-electron chi connectivity index (χ1n) is 6.53. The Bertz CT molecular complexity index is 451. The lowest BCUT2D eigenvalue weighted by Crippen LogP contribution is -2.12. The third kappa shape index (κ3) is 6.85. The van der Waals surface area contributed by atoms with Gasteiger partial charge in [-0.25, -0.2) is 4.79 Å². The van der Waals surface area contributed by atoms with Crippen LogP contribution < -0.4 is 0 Å². The van der Waals surface area contributed by atoms with Crippen LogP contribution in [0.15, 0.2) is 42.5 Å². The molecule has 0 saturated carbocycles. The Balaban J connectivity index is 2.55. The number of esters is 1. The van der Waals surface area contributed by atoms with E-state index in [0.29, 0.717) is 19.4 Å². The molecule has 4 nitrogen and oxygen atoms in total. The van der Waals surface area contributed by atoms with Crippen molar-refractivity contribution in [3.05, 3.63) is 48.0 Å². The number of Topliss-reactive ketones (excluding diaryl/α,β-unsaturated/α-hetero) is 1. The van der Waals surface area contributed by atoms with Crippen molar-refractivity contribution < 1.29 is 19.1 Å². The average Bonchev–Trinajstić information content (AvgIpc) is 2.46. The summed E-state index contributed by atoms with van der Waals surface area (Å²) in [5.74, 6) is -0.328. The molecule has 1 unspecified atom stereocenters. The molecule has 1 aromatic rings. The summed E-state index contributed by atoms with van der Waals surface area (Å²) >= 11 is 0. The quantitative estimate of drug-likeness (QED) is 0.541. The highest BCUT2D eigenvalue weighted by atomic mass is 16.5. The lowest BCUT2D eigenvalue weighted by Gasteiger charge is -2.13. The number of carbonyl (C=O) groups is 2. The summed E-state index contributed by atoms with van der Waals surface area (Å²) in [5.41, 5.74) is 1.05. The molecule has 0 amide bonds. The van der Waals surface area contributed by atoms with Crippen molar-refractivity contribution in [1.29, 1.82) is 0 Å². The Morgan fingerprint density at radius 1 is 1.25 bits per heavy atom. The van der Waals surface area contributed by atoms with E-state index in [4.69, 9.17) is 4.74 Å². The van der Waals surface area contributed by atoms with Crippen LogP contribution in [-0.2, 0) is 25.7 Å². The smallest absolute Gasteiger partial charge is 0.330 e. The van der Waals surface area contributed by atoms with Crippen molar-refractivity contribution in [1.82, 2.24) is 0 Å². The van der Waals surface area contributed by atoms with E-state index < -0.39 is 5.97 Å². The largest absolute Gasteiger partial charge is 0.466 e. The Hall–Kier alpha value is -1.94. The standard InChI is InChI=1S/C16H20O4/c1-13(17)8-9-15(10-11-16(18)19-2)20-12-14-6-4-3-5-7-14/h3-7,10-11,15H,8-9,12H2,1-2H3/b11-10-. The molecule has 1 atom stereocenters. The lowest BCUT2D eigenvalue weighted by atomic mass is 10.1. The Labute approximate surface area is 119 Å². The van der Waals surface area contributed by atoms with Gasteiger partial charge in [0.15, 0.2) is 0 Å². The number of carbonyl (C=O) groups excluding carboxylic acids is 2. The zero-order chi connectivity index (χ0) is 14.8. The number of methoxy groups -OCH3 is 1. The number of ether oxygens (including phenoxy) is 2. The first-order valence-corrected chi connectivity index (χ1v) is 6.53. The predicted octanol–water partition coefficient (Wildman–Crippen LogP) is 2.67. The highest BCUT2D eigenvalue weighted by molar-refractivity contribution is 5.81. The monoisotopic (exact) mass is 276 g/mol. The van der Waals surface area contributed by atoms with E-state index in [1.165, 1.54) is 20.1 Å². The van der Waals surface area contributed by atoms with Gasteiger partial charge in [-0.3, -0.25) is 0 Å². The minimum Gasteiger partial charge on any atom is -0.466 e. The van der Waals surface area contributed by atoms with Gasteiger partial charge in [0.05, 0.1) is 19.8 Å². The fourth-order valence-electron chi connectivity index (χ4n) is 1.61. The van der Waals surface area contributed by atoms with Crippen LogP contribution in [0.5, 0.6) is 0 Å². The molecule has 0 aliphatic heterocycles. The third-order valence-electron chi connectivity index (χ3n) is 2.74. The first kappa shape index (κ1) is 16.1. The zero-order valence-electron chi connectivity index (χ0n) is 11.9. The van der Waals surface area contributed by atoms with Crippen LogP contribution in [-0.4, -0.2) is 25.0 Å². The second kappa shape index (κ2) is 9.04. The molecule has 0 fully saturated rings. The van der Waals surface area contributed by atoms with E-state index in [-0.39, 0.29) is 11.9 Å². The Kier molecular flexibility index (Phi) is 7.29. The maximum atomic E-state index is 11.1. The van der Waals surface area contributed by atoms with Crippen molar-refractivity contribution in [2.75, 3.05) is 7.11 Å². The lowest BCUT2D eigenvalue weighted by molar-refractivity contribution is -0.134. The van der Waals surface area contributed by atoms with Gasteiger partial charge >= 0.3 is 5.97 Å². The summed E-state index contributed by atoms with van der Waals surface area (Å²) in [6.45, 7) is 1.98. The zero-order valence-corrected chi connectivity index (χ0v) is 11.9. The minimum atomic E-state index is -0.430. The van der Waals surface area contributed by atoms with E-state index in [2.05, 4.69) is 4.74 Å². The highest BCUT2D eigenvalue weighted by Crippen LogP contribution is 2.09. The molecule has 0 aromatic heterocycles. The number of rotatable bonds is 8. The van der Waals surface area contributed by atoms with Gasteiger partial charge in [0, 0.05) is 12.5 Å². The molecule has 0 aliphatic carbocycles. The number of hydrogen-bond donors (Lipinski definition) is 0. The maximum absolute atomic E-state index is 11.1. The molecule has 1 aromatic carbocycles. The van der Waals surface area contributed by atoms with E-state index in [1.807, 2.05) is 30.3 Å². The second-order valence-corrected chi connectivity index (χ2v) is 4.46. The van der Waals surface area contributed by atoms with E-state index >= 15 is 0 Å². The van der Waals surface area contributed by atoms with Gasteiger partial charge in [-0.05, 0) is 25.0 Å². The first-order chi connectivity index (χ1) is 9.61. The highest BCUT2D eigenvalue weighted by Gasteiger charge is 2.08. The van der Waals surface area contributed by atoms with E-state index in [9.17, 15) is 9.59 Å². The average molecular weight is 276 g/mol. The molecular weight excluding hydrogens is 256 g/mol. The van der Waals surface area contributed by atoms with Crippen molar-refractivity contribution in [3.63, 3.8) is 0 Å². The molecule has 0 spiro atoms. The van der Waals surface area contributed by atoms with E-state index in [0.717, 1.165) is 5.56 Å². The molecule has 0 saturated heterocycles.